The number of nitrogens with zero attached hydrogens (tertiary/aromatic N) is 5. The number of hydrogen-bond donors (Lipinski definition) is 1. The Morgan fingerprint density at radius 3 is 2.89 bits per heavy atom. The van der Waals surface area contributed by atoms with Crippen LogP contribution in [-0.2, 0) is 4.79 Å². The predicted molar refractivity (Wildman–Crippen MR) is 67.1 cm³/mol. The van der Waals surface area contributed by atoms with Crippen LogP contribution in [-0.4, -0.2) is 43.9 Å². The van der Waals surface area contributed by atoms with Gasteiger partial charge in [0.2, 0.25) is 0 Å². The molecule has 0 bridgehead atoms. The summed E-state index contributed by atoms with van der Waals surface area (Å²) in [7, 11) is 0. The smallest absolute Gasteiger partial charge is 0.308 e. The minimum atomic E-state index is -0.746. The molecule has 7 nitrogen and oxygen atoms in total. The zero-order valence-electron chi connectivity index (χ0n) is 10.2. The summed E-state index contributed by atoms with van der Waals surface area (Å²) in [6.45, 7) is 1.19. The average molecular weight is 259 g/mol. The molecule has 1 aliphatic rings. The Bertz CT molecular complexity index is 584. The van der Waals surface area contributed by atoms with Gasteiger partial charge >= 0.3 is 5.97 Å². The molecule has 0 saturated carbocycles. The number of aliphatic carboxylic acids is 1. The van der Waals surface area contributed by atoms with E-state index in [1.807, 2.05) is 17.0 Å². The van der Waals surface area contributed by atoms with Crippen LogP contribution in [0.15, 0.2) is 30.9 Å². The van der Waals surface area contributed by atoms with Gasteiger partial charge in [0.05, 0.1) is 5.92 Å². The Hall–Kier alpha value is -2.44. The zero-order chi connectivity index (χ0) is 13.2. The van der Waals surface area contributed by atoms with Crippen molar-refractivity contribution in [2.75, 3.05) is 18.0 Å². The molecule has 1 fully saturated rings. The van der Waals surface area contributed by atoms with Crippen LogP contribution in [0.3, 0.4) is 0 Å². The SMILES string of the molecule is O=C(O)[C@H]1CCN(c2cc(-n3cccn3)ncn2)C1. The molecule has 3 heterocycles. The van der Waals surface area contributed by atoms with Gasteiger partial charge in [-0.15, -0.1) is 0 Å². The molecule has 19 heavy (non-hydrogen) atoms. The van der Waals surface area contributed by atoms with Gasteiger partial charge in [-0.25, -0.2) is 14.6 Å². The van der Waals surface area contributed by atoms with Crippen molar-refractivity contribution in [3.05, 3.63) is 30.9 Å². The fourth-order valence-electron chi connectivity index (χ4n) is 2.21. The number of carboxylic acids is 1. The second-order valence-corrected chi connectivity index (χ2v) is 4.45. The van der Waals surface area contributed by atoms with Crippen molar-refractivity contribution in [2.24, 2.45) is 5.92 Å². The third-order valence-electron chi connectivity index (χ3n) is 3.24. The quantitative estimate of drug-likeness (QED) is 0.867. The normalized spacial score (nSPS) is 18.7. The lowest BCUT2D eigenvalue weighted by atomic mass is 10.1. The van der Waals surface area contributed by atoms with Gasteiger partial charge in [0.15, 0.2) is 5.82 Å². The van der Waals surface area contributed by atoms with E-state index in [1.165, 1.54) is 6.33 Å². The fraction of sp³-hybridized carbons (Fsp3) is 0.333. The van der Waals surface area contributed by atoms with Crippen LogP contribution in [0.5, 0.6) is 0 Å². The Morgan fingerprint density at radius 2 is 2.21 bits per heavy atom. The van der Waals surface area contributed by atoms with Crippen molar-refractivity contribution >= 4 is 11.8 Å². The molecule has 1 N–H and O–H groups in total. The Balaban J connectivity index is 1.83. The van der Waals surface area contributed by atoms with Crippen molar-refractivity contribution in [3.8, 4) is 5.82 Å². The third-order valence-corrected chi connectivity index (χ3v) is 3.24. The van der Waals surface area contributed by atoms with E-state index >= 15 is 0 Å². The topological polar surface area (TPSA) is 84.1 Å². The molecule has 2 aromatic rings. The van der Waals surface area contributed by atoms with E-state index in [0.29, 0.717) is 25.3 Å². The van der Waals surface area contributed by atoms with E-state index in [2.05, 4.69) is 15.1 Å². The summed E-state index contributed by atoms with van der Waals surface area (Å²) in [5.74, 6) is 0.352. The van der Waals surface area contributed by atoms with Gasteiger partial charge in [0.25, 0.3) is 0 Å². The standard InChI is InChI=1S/C12H13N5O2/c18-12(19)9-2-5-16(7-9)10-6-11(14-8-13-10)17-4-1-3-15-17/h1,3-4,6,8-9H,2,5,7H2,(H,18,19)/t9-/m0/s1. The Morgan fingerprint density at radius 1 is 1.37 bits per heavy atom. The molecule has 0 spiro atoms. The summed E-state index contributed by atoms with van der Waals surface area (Å²) in [6, 6.07) is 3.63. The summed E-state index contributed by atoms with van der Waals surface area (Å²) in [5, 5.41) is 13.1. The Labute approximate surface area is 109 Å². The number of carbonyl (C=O) groups is 1. The molecule has 2 aromatic heterocycles. The molecule has 0 aromatic carbocycles. The second kappa shape index (κ2) is 4.68. The average Bonchev–Trinajstić information content (AvgIpc) is 3.10. The maximum Gasteiger partial charge on any atom is 0.308 e. The van der Waals surface area contributed by atoms with Crippen molar-refractivity contribution in [3.63, 3.8) is 0 Å². The van der Waals surface area contributed by atoms with Crippen molar-refractivity contribution in [1.29, 1.82) is 0 Å². The monoisotopic (exact) mass is 259 g/mol. The van der Waals surface area contributed by atoms with Crippen LogP contribution in [0.2, 0.25) is 0 Å². The molecule has 1 saturated heterocycles. The first-order valence-electron chi connectivity index (χ1n) is 6.04. The first-order chi connectivity index (χ1) is 9.24. The van der Waals surface area contributed by atoms with Crippen LogP contribution in [0.4, 0.5) is 5.82 Å². The molecule has 0 amide bonds. The first kappa shape index (κ1) is 11.6. The van der Waals surface area contributed by atoms with Crippen molar-refractivity contribution in [1.82, 2.24) is 19.7 Å². The van der Waals surface area contributed by atoms with E-state index in [9.17, 15) is 4.79 Å². The van der Waals surface area contributed by atoms with E-state index in [1.54, 1.807) is 17.1 Å². The predicted octanol–water partition coefficient (Wildman–Crippen LogP) is 0.573. The van der Waals surface area contributed by atoms with Crippen LogP contribution in [0.25, 0.3) is 5.82 Å². The molecule has 98 valence electrons. The highest BCUT2D eigenvalue weighted by Crippen LogP contribution is 2.22. The third kappa shape index (κ3) is 2.26. The minimum absolute atomic E-state index is 0.317. The number of aromatic nitrogens is 4. The van der Waals surface area contributed by atoms with Gasteiger partial charge < -0.3 is 10.0 Å². The number of carboxylic acid groups (broad SMARTS) is 1. The van der Waals surface area contributed by atoms with Crippen LogP contribution >= 0.6 is 0 Å². The molecular weight excluding hydrogens is 246 g/mol. The summed E-state index contributed by atoms with van der Waals surface area (Å²) < 4.78 is 1.65. The maximum atomic E-state index is 11.0. The zero-order valence-corrected chi connectivity index (χ0v) is 10.2. The van der Waals surface area contributed by atoms with Gasteiger partial charge in [-0.1, -0.05) is 0 Å². The lowest BCUT2D eigenvalue weighted by molar-refractivity contribution is -0.140. The second-order valence-electron chi connectivity index (χ2n) is 4.45. The van der Waals surface area contributed by atoms with Crippen molar-refractivity contribution < 1.29 is 9.90 Å². The van der Waals surface area contributed by atoms with E-state index < -0.39 is 5.97 Å². The van der Waals surface area contributed by atoms with Crippen LogP contribution in [0.1, 0.15) is 6.42 Å². The molecule has 1 atom stereocenters. The van der Waals surface area contributed by atoms with E-state index in [-0.39, 0.29) is 5.92 Å². The molecule has 1 aliphatic heterocycles. The number of rotatable bonds is 3. The molecule has 0 unspecified atom stereocenters. The molecular formula is C12H13N5O2. The molecule has 7 heteroatoms. The summed E-state index contributed by atoms with van der Waals surface area (Å²) >= 11 is 0. The van der Waals surface area contributed by atoms with Gasteiger partial charge in [-0.05, 0) is 12.5 Å². The van der Waals surface area contributed by atoms with Crippen LogP contribution < -0.4 is 4.90 Å². The minimum Gasteiger partial charge on any atom is -0.481 e. The Kier molecular flexibility index (Phi) is 2.86. The molecule has 3 rings (SSSR count). The van der Waals surface area contributed by atoms with E-state index in [0.717, 1.165) is 5.82 Å². The highest BCUT2D eigenvalue weighted by molar-refractivity contribution is 5.71. The van der Waals surface area contributed by atoms with Gasteiger partial charge in [-0.3, -0.25) is 4.79 Å². The molecule has 0 radical (unpaired) electrons. The molecule has 0 aliphatic carbocycles. The fourth-order valence-corrected chi connectivity index (χ4v) is 2.21. The van der Waals surface area contributed by atoms with Gasteiger partial charge in [0, 0.05) is 31.5 Å². The number of anilines is 1. The van der Waals surface area contributed by atoms with E-state index in [4.69, 9.17) is 5.11 Å². The maximum absolute atomic E-state index is 11.0. The summed E-state index contributed by atoms with van der Waals surface area (Å²) in [5.41, 5.74) is 0. The van der Waals surface area contributed by atoms with Gasteiger partial charge in [0.1, 0.15) is 12.1 Å². The lowest BCUT2D eigenvalue weighted by Gasteiger charge is -2.16. The summed E-state index contributed by atoms with van der Waals surface area (Å²) in [6.07, 6.45) is 5.60. The highest BCUT2D eigenvalue weighted by atomic mass is 16.4. The highest BCUT2D eigenvalue weighted by Gasteiger charge is 2.28. The lowest BCUT2D eigenvalue weighted by Crippen LogP contribution is -2.23. The first-order valence-corrected chi connectivity index (χ1v) is 6.04. The largest absolute Gasteiger partial charge is 0.481 e. The van der Waals surface area contributed by atoms with Crippen molar-refractivity contribution in [2.45, 2.75) is 6.42 Å². The number of hydrogen-bond acceptors (Lipinski definition) is 5. The van der Waals surface area contributed by atoms with Gasteiger partial charge in [-0.2, -0.15) is 5.10 Å². The summed E-state index contributed by atoms with van der Waals surface area (Å²) in [4.78, 5) is 21.3. The van der Waals surface area contributed by atoms with Crippen LogP contribution in [0, 0.1) is 5.92 Å².